The van der Waals surface area contributed by atoms with Crippen LogP contribution in [-0.4, -0.2) is 14.2 Å². The van der Waals surface area contributed by atoms with Crippen LogP contribution in [0.5, 0.6) is 11.5 Å². The van der Waals surface area contributed by atoms with E-state index in [0.717, 1.165) is 17.9 Å². The maximum absolute atomic E-state index is 5.42. The molecular formula is C15H22O2. The van der Waals surface area contributed by atoms with Gasteiger partial charge in [0.1, 0.15) is 0 Å². The molecule has 1 rings (SSSR count). The van der Waals surface area contributed by atoms with Crippen molar-refractivity contribution >= 4 is 0 Å². The molecular weight excluding hydrogens is 212 g/mol. The molecule has 0 aliphatic heterocycles. The highest BCUT2D eigenvalue weighted by atomic mass is 16.5. The second kappa shape index (κ2) is 5.76. The standard InChI is InChI=1S/C15H22O2/c1-10(2)7-8-13-11(3)9-14(16-5)15(17-6)12(13)4/h7,9H,8H2,1-6H3. The highest BCUT2D eigenvalue weighted by Gasteiger charge is 2.13. The van der Waals surface area contributed by atoms with Gasteiger partial charge in [-0.1, -0.05) is 11.6 Å². The lowest BCUT2D eigenvalue weighted by atomic mass is 9.97. The third-order valence-electron chi connectivity index (χ3n) is 2.98. The Morgan fingerprint density at radius 2 is 1.82 bits per heavy atom. The summed E-state index contributed by atoms with van der Waals surface area (Å²) in [5, 5.41) is 0. The van der Waals surface area contributed by atoms with Gasteiger partial charge in [0, 0.05) is 0 Å². The van der Waals surface area contributed by atoms with Crippen LogP contribution >= 0.6 is 0 Å². The fourth-order valence-corrected chi connectivity index (χ4v) is 1.99. The molecule has 0 spiro atoms. The maximum Gasteiger partial charge on any atom is 0.163 e. The van der Waals surface area contributed by atoms with E-state index in [1.165, 1.54) is 22.3 Å². The van der Waals surface area contributed by atoms with Crippen LogP contribution in [0.2, 0.25) is 0 Å². The SMILES string of the molecule is COc1cc(C)c(CC=C(C)C)c(C)c1OC. The summed E-state index contributed by atoms with van der Waals surface area (Å²) in [6.45, 7) is 8.43. The predicted octanol–water partition coefficient (Wildman–Crippen LogP) is 3.83. The quantitative estimate of drug-likeness (QED) is 0.737. The molecule has 2 nitrogen and oxygen atoms in total. The zero-order valence-electron chi connectivity index (χ0n) is 11.7. The van der Waals surface area contributed by atoms with Crippen molar-refractivity contribution in [1.82, 2.24) is 0 Å². The van der Waals surface area contributed by atoms with Crippen molar-refractivity contribution in [3.05, 3.63) is 34.4 Å². The molecule has 0 fully saturated rings. The van der Waals surface area contributed by atoms with Crippen LogP contribution in [0, 0.1) is 13.8 Å². The topological polar surface area (TPSA) is 18.5 Å². The van der Waals surface area contributed by atoms with Crippen molar-refractivity contribution < 1.29 is 9.47 Å². The Morgan fingerprint density at radius 1 is 1.18 bits per heavy atom. The van der Waals surface area contributed by atoms with Gasteiger partial charge in [-0.05, 0) is 56.9 Å². The third kappa shape index (κ3) is 3.02. The Kier molecular flexibility index (Phi) is 4.62. The van der Waals surface area contributed by atoms with E-state index < -0.39 is 0 Å². The smallest absolute Gasteiger partial charge is 0.163 e. The Labute approximate surface area is 104 Å². The Hall–Kier alpha value is -1.44. The zero-order valence-corrected chi connectivity index (χ0v) is 11.7. The second-order valence-electron chi connectivity index (χ2n) is 4.52. The largest absolute Gasteiger partial charge is 0.493 e. The van der Waals surface area contributed by atoms with E-state index in [1.807, 2.05) is 6.07 Å². The first-order valence-corrected chi connectivity index (χ1v) is 5.85. The average Bonchev–Trinajstić information content (AvgIpc) is 2.27. The van der Waals surface area contributed by atoms with Crippen molar-refractivity contribution in [2.24, 2.45) is 0 Å². The number of ether oxygens (including phenoxy) is 2. The van der Waals surface area contributed by atoms with Gasteiger partial charge in [-0.15, -0.1) is 0 Å². The minimum Gasteiger partial charge on any atom is -0.493 e. The number of hydrogen-bond acceptors (Lipinski definition) is 2. The van der Waals surface area contributed by atoms with Crippen molar-refractivity contribution in [2.75, 3.05) is 14.2 Å². The van der Waals surface area contributed by atoms with Crippen LogP contribution in [0.4, 0.5) is 0 Å². The van der Waals surface area contributed by atoms with Crippen molar-refractivity contribution in [3.8, 4) is 11.5 Å². The molecule has 0 N–H and O–H groups in total. The van der Waals surface area contributed by atoms with E-state index in [-0.39, 0.29) is 0 Å². The molecule has 0 atom stereocenters. The molecule has 2 heteroatoms. The Bertz CT molecular complexity index is 427. The van der Waals surface area contributed by atoms with Crippen molar-refractivity contribution in [2.45, 2.75) is 34.1 Å². The summed E-state index contributed by atoms with van der Waals surface area (Å²) < 4.78 is 10.8. The summed E-state index contributed by atoms with van der Waals surface area (Å²) >= 11 is 0. The lowest BCUT2D eigenvalue weighted by molar-refractivity contribution is 0.352. The summed E-state index contributed by atoms with van der Waals surface area (Å²) in [5.74, 6) is 1.65. The number of aryl methyl sites for hydroxylation is 1. The summed E-state index contributed by atoms with van der Waals surface area (Å²) in [5.41, 5.74) is 5.07. The van der Waals surface area contributed by atoms with Crippen LogP contribution in [0.3, 0.4) is 0 Å². The van der Waals surface area contributed by atoms with E-state index in [4.69, 9.17) is 9.47 Å². The third-order valence-corrected chi connectivity index (χ3v) is 2.98. The van der Waals surface area contributed by atoms with Gasteiger partial charge < -0.3 is 9.47 Å². The van der Waals surface area contributed by atoms with E-state index >= 15 is 0 Å². The minimum absolute atomic E-state index is 0.809. The molecule has 1 aromatic rings. The molecule has 94 valence electrons. The second-order valence-corrected chi connectivity index (χ2v) is 4.52. The fraction of sp³-hybridized carbons (Fsp3) is 0.467. The van der Waals surface area contributed by atoms with Crippen LogP contribution < -0.4 is 9.47 Å². The molecule has 0 saturated heterocycles. The number of methoxy groups -OCH3 is 2. The molecule has 17 heavy (non-hydrogen) atoms. The fourth-order valence-electron chi connectivity index (χ4n) is 1.99. The van der Waals surface area contributed by atoms with Gasteiger partial charge >= 0.3 is 0 Å². The van der Waals surface area contributed by atoms with Crippen LogP contribution in [0.25, 0.3) is 0 Å². The molecule has 0 bridgehead atoms. The molecule has 0 aromatic heterocycles. The van der Waals surface area contributed by atoms with Gasteiger partial charge in [0.15, 0.2) is 11.5 Å². The molecule has 1 aromatic carbocycles. The van der Waals surface area contributed by atoms with E-state index in [9.17, 15) is 0 Å². The van der Waals surface area contributed by atoms with Gasteiger partial charge in [0.25, 0.3) is 0 Å². The number of allylic oxidation sites excluding steroid dienone is 2. The van der Waals surface area contributed by atoms with Crippen LogP contribution in [0.15, 0.2) is 17.7 Å². The monoisotopic (exact) mass is 234 g/mol. The lowest BCUT2D eigenvalue weighted by Crippen LogP contribution is -2.00. The summed E-state index contributed by atoms with van der Waals surface area (Å²) in [6.07, 6.45) is 3.18. The first kappa shape index (κ1) is 13.6. The first-order valence-electron chi connectivity index (χ1n) is 5.85. The van der Waals surface area contributed by atoms with E-state index in [0.29, 0.717) is 0 Å². The van der Waals surface area contributed by atoms with Gasteiger partial charge in [-0.2, -0.15) is 0 Å². The van der Waals surface area contributed by atoms with E-state index in [2.05, 4.69) is 33.8 Å². The van der Waals surface area contributed by atoms with Gasteiger partial charge in [0.05, 0.1) is 14.2 Å². The summed E-state index contributed by atoms with van der Waals surface area (Å²) in [4.78, 5) is 0. The van der Waals surface area contributed by atoms with Gasteiger partial charge in [-0.25, -0.2) is 0 Å². The zero-order chi connectivity index (χ0) is 13.0. The van der Waals surface area contributed by atoms with Crippen molar-refractivity contribution in [1.29, 1.82) is 0 Å². The Balaban J connectivity index is 3.26. The molecule has 0 aliphatic rings. The van der Waals surface area contributed by atoms with Crippen LogP contribution in [-0.2, 0) is 6.42 Å². The first-order chi connectivity index (χ1) is 8.01. The van der Waals surface area contributed by atoms with Crippen LogP contribution in [0.1, 0.15) is 30.5 Å². The van der Waals surface area contributed by atoms with Gasteiger partial charge in [0.2, 0.25) is 0 Å². The molecule has 0 aliphatic carbocycles. The lowest BCUT2D eigenvalue weighted by Gasteiger charge is -2.16. The maximum atomic E-state index is 5.42. The predicted molar refractivity (Wildman–Crippen MR) is 72.2 cm³/mol. The minimum atomic E-state index is 0.809. The molecule has 0 heterocycles. The van der Waals surface area contributed by atoms with Crippen molar-refractivity contribution in [3.63, 3.8) is 0 Å². The average molecular weight is 234 g/mol. The normalized spacial score (nSPS) is 10.0. The molecule has 0 unspecified atom stereocenters. The highest BCUT2D eigenvalue weighted by Crippen LogP contribution is 2.35. The Morgan fingerprint density at radius 3 is 2.29 bits per heavy atom. The highest BCUT2D eigenvalue weighted by molar-refractivity contribution is 5.54. The molecule has 0 saturated carbocycles. The summed E-state index contributed by atoms with van der Waals surface area (Å²) in [6, 6.07) is 2.04. The molecule has 0 radical (unpaired) electrons. The summed E-state index contributed by atoms with van der Waals surface area (Å²) in [7, 11) is 3.36. The van der Waals surface area contributed by atoms with Gasteiger partial charge in [-0.3, -0.25) is 0 Å². The number of benzene rings is 1. The number of hydrogen-bond donors (Lipinski definition) is 0. The number of rotatable bonds is 4. The van der Waals surface area contributed by atoms with E-state index in [1.54, 1.807) is 14.2 Å². The molecule has 0 amide bonds.